The predicted octanol–water partition coefficient (Wildman–Crippen LogP) is -4.24. The topological polar surface area (TPSA) is 28.7 Å². The van der Waals surface area contributed by atoms with Crippen molar-refractivity contribution in [1.29, 1.82) is 0 Å². The Hall–Kier alpha value is 0.690. The molecule has 0 saturated carbocycles. The molecular weight excluding hydrogens is 215 g/mol. The van der Waals surface area contributed by atoms with Crippen molar-refractivity contribution in [2.75, 3.05) is 0 Å². The molecule has 58 valence electrons. The number of unbranched alkanes of at least 4 members (excludes halogenated alkanes) is 1. The van der Waals surface area contributed by atoms with Crippen LogP contribution in [-0.2, 0) is 6.42 Å². The molecule has 0 aliphatic heterocycles. The minimum atomic E-state index is 0. The maximum atomic E-state index is 4.10. The fourth-order valence-corrected chi connectivity index (χ4v) is 0.779. The fourth-order valence-electron chi connectivity index (χ4n) is 0.779. The first kappa shape index (κ1) is 14.2. The Balaban J connectivity index is 0. The third-order valence-electron chi connectivity index (χ3n) is 1.32. The summed E-state index contributed by atoms with van der Waals surface area (Å²) in [6.45, 7) is 2.18. The molecule has 1 N–H and O–H groups in total. The number of imidazole rings is 1. The van der Waals surface area contributed by atoms with Crippen LogP contribution < -0.4 is 46.5 Å². The van der Waals surface area contributed by atoms with E-state index < -0.39 is 0 Å². The van der Waals surface area contributed by atoms with Crippen LogP contribution in [0.3, 0.4) is 0 Å². The van der Waals surface area contributed by atoms with Gasteiger partial charge in [-0.3, -0.25) is 0 Å². The average Bonchev–Trinajstić information content (AvgIpc) is 2.34. The molecule has 4 heteroatoms. The Bertz CT molecular complexity index is 153. The van der Waals surface area contributed by atoms with Gasteiger partial charge >= 0.3 is 29.6 Å². The van der Waals surface area contributed by atoms with Gasteiger partial charge in [0, 0.05) is 18.8 Å². The molecule has 0 aliphatic rings. The second-order valence-corrected chi connectivity index (χ2v) is 2.14. The van der Waals surface area contributed by atoms with Gasteiger partial charge in [0.15, 0.2) is 0 Å². The summed E-state index contributed by atoms with van der Waals surface area (Å²) < 4.78 is 0. The molecule has 0 fully saturated rings. The Morgan fingerprint density at radius 1 is 1.55 bits per heavy atom. The van der Waals surface area contributed by atoms with Crippen molar-refractivity contribution in [3.63, 3.8) is 0 Å². The minimum absolute atomic E-state index is 0. The van der Waals surface area contributed by atoms with E-state index in [4.69, 9.17) is 0 Å². The average molecular weight is 227 g/mol. The van der Waals surface area contributed by atoms with Gasteiger partial charge < -0.3 is 22.0 Å². The Labute approximate surface area is 100 Å². The molecule has 0 bridgehead atoms. The first-order chi connectivity index (χ1) is 4.43. The zero-order valence-electron chi connectivity index (χ0n) is 7.10. The van der Waals surface area contributed by atoms with E-state index in [2.05, 4.69) is 16.9 Å². The Morgan fingerprint density at radius 2 is 2.27 bits per heavy atom. The molecule has 2 nitrogen and oxygen atoms in total. The number of H-pyrrole nitrogens is 1. The monoisotopic (exact) mass is 226 g/mol. The number of halogens is 1. The van der Waals surface area contributed by atoms with Crippen molar-refractivity contribution < 1.29 is 46.5 Å². The summed E-state index contributed by atoms with van der Waals surface area (Å²) in [7, 11) is 0. The standard InChI is InChI=1S/C7H12N2.BrH.Na/c1-2-3-4-7-8-5-6-9-7;;/h5-6H,2-4H2,1H3,(H,8,9);1H;/q;;+1/p-1. The summed E-state index contributed by atoms with van der Waals surface area (Å²) in [5, 5.41) is 0. The van der Waals surface area contributed by atoms with Gasteiger partial charge in [0.1, 0.15) is 5.82 Å². The molecule has 1 aromatic rings. The number of nitrogens with zero attached hydrogens (tertiary/aromatic N) is 1. The number of hydrogen-bond donors (Lipinski definition) is 1. The van der Waals surface area contributed by atoms with E-state index in [1.807, 2.05) is 6.20 Å². The smallest absolute Gasteiger partial charge is 1.00 e. The van der Waals surface area contributed by atoms with Crippen molar-refractivity contribution >= 4 is 0 Å². The molecule has 1 aromatic heterocycles. The molecule has 0 saturated heterocycles. The first-order valence-corrected chi connectivity index (χ1v) is 3.41. The Kier molecular flexibility index (Phi) is 11.4. The van der Waals surface area contributed by atoms with E-state index in [0.29, 0.717) is 0 Å². The van der Waals surface area contributed by atoms with Crippen LogP contribution in [0.1, 0.15) is 25.6 Å². The van der Waals surface area contributed by atoms with E-state index in [-0.39, 0.29) is 46.5 Å². The Morgan fingerprint density at radius 3 is 2.73 bits per heavy atom. The molecular formula is C7H12BrN2Na. The number of hydrogen-bond acceptors (Lipinski definition) is 1. The van der Waals surface area contributed by atoms with E-state index >= 15 is 0 Å². The number of rotatable bonds is 3. The van der Waals surface area contributed by atoms with Crippen LogP contribution in [0.5, 0.6) is 0 Å². The minimum Gasteiger partial charge on any atom is -1.00 e. The molecule has 0 unspecified atom stereocenters. The van der Waals surface area contributed by atoms with E-state index in [1.54, 1.807) is 6.20 Å². The van der Waals surface area contributed by atoms with E-state index in [9.17, 15) is 0 Å². The molecule has 0 spiro atoms. The molecule has 0 aliphatic carbocycles. The predicted molar refractivity (Wildman–Crippen MR) is 37.2 cm³/mol. The van der Waals surface area contributed by atoms with Crippen LogP contribution in [0.15, 0.2) is 12.4 Å². The van der Waals surface area contributed by atoms with Crippen LogP contribution in [-0.4, -0.2) is 9.97 Å². The molecule has 0 amide bonds. The van der Waals surface area contributed by atoms with Crippen LogP contribution in [0.2, 0.25) is 0 Å². The van der Waals surface area contributed by atoms with E-state index in [1.165, 1.54) is 12.8 Å². The molecule has 11 heavy (non-hydrogen) atoms. The maximum absolute atomic E-state index is 4.10. The summed E-state index contributed by atoms with van der Waals surface area (Å²) in [6, 6.07) is 0. The largest absolute Gasteiger partial charge is 1.00 e. The van der Waals surface area contributed by atoms with Crippen LogP contribution in [0, 0.1) is 0 Å². The van der Waals surface area contributed by atoms with Gasteiger partial charge in [-0.25, -0.2) is 4.98 Å². The molecule has 1 rings (SSSR count). The van der Waals surface area contributed by atoms with Crippen LogP contribution in [0.25, 0.3) is 0 Å². The fraction of sp³-hybridized carbons (Fsp3) is 0.571. The first-order valence-electron chi connectivity index (χ1n) is 3.41. The summed E-state index contributed by atoms with van der Waals surface area (Å²) in [6.07, 6.45) is 7.22. The molecule has 0 aromatic carbocycles. The number of nitrogens with one attached hydrogen (secondary N) is 1. The van der Waals surface area contributed by atoms with Crippen molar-refractivity contribution in [3.8, 4) is 0 Å². The summed E-state index contributed by atoms with van der Waals surface area (Å²) in [5.41, 5.74) is 0. The number of aryl methyl sites for hydroxylation is 1. The normalized spacial score (nSPS) is 8.09. The summed E-state index contributed by atoms with van der Waals surface area (Å²) >= 11 is 0. The van der Waals surface area contributed by atoms with Gasteiger partial charge in [-0.1, -0.05) is 13.3 Å². The van der Waals surface area contributed by atoms with Gasteiger partial charge in [0.25, 0.3) is 0 Å². The quantitative estimate of drug-likeness (QED) is 0.521. The second-order valence-electron chi connectivity index (χ2n) is 2.14. The van der Waals surface area contributed by atoms with E-state index in [0.717, 1.165) is 12.2 Å². The van der Waals surface area contributed by atoms with Gasteiger partial charge in [0.2, 0.25) is 0 Å². The van der Waals surface area contributed by atoms with Crippen LogP contribution >= 0.6 is 0 Å². The van der Waals surface area contributed by atoms with Gasteiger partial charge in [-0.2, -0.15) is 0 Å². The number of aromatic nitrogens is 2. The SMILES string of the molecule is CCCCc1ncc[nH]1.[Br-].[Na+]. The van der Waals surface area contributed by atoms with Gasteiger partial charge in [-0.05, 0) is 6.42 Å². The van der Waals surface area contributed by atoms with Gasteiger partial charge in [-0.15, -0.1) is 0 Å². The van der Waals surface area contributed by atoms with Gasteiger partial charge in [0.05, 0.1) is 0 Å². The second kappa shape index (κ2) is 8.78. The zero-order chi connectivity index (χ0) is 6.53. The summed E-state index contributed by atoms with van der Waals surface area (Å²) in [4.78, 5) is 7.16. The zero-order valence-corrected chi connectivity index (χ0v) is 10.7. The third kappa shape index (κ3) is 5.91. The van der Waals surface area contributed by atoms with Crippen LogP contribution in [0.4, 0.5) is 0 Å². The van der Waals surface area contributed by atoms with Crippen molar-refractivity contribution in [3.05, 3.63) is 18.2 Å². The number of aromatic amines is 1. The molecule has 0 radical (unpaired) electrons. The summed E-state index contributed by atoms with van der Waals surface area (Å²) in [5.74, 6) is 1.11. The maximum Gasteiger partial charge on any atom is 1.00 e. The van der Waals surface area contributed by atoms with Crippen molar-refractivity contribution in [2.45, 2.75) is 26.2 Å². The van der Waals surface area contributed by atoms with Crippen molar-refractivity contribution in [2.24, 2.45) is 0 Å². The molecule has 0 atom stereocenters. The van der Waals surface area contributed by atoms with Crippen molar-refractivity contribution in [1.82, 2.24) is 9.97 Å². The molecule has 1 heterocycles. The third-order valence-corrected chi connectivity index (χ3v) is 1.32.